The van der Waals surface area contributed by atoms with Gasteiger partial charge in [-0.05, 0) is 78.8 Å². The molecule has 2 N–H and O–H groups in total. The lowest BCUT2D eigenvalue weighted by Gasteiger charge is -2.38. The number of rotatable bonds is 6. The van der Waals surface area contributed by atoms with E-state index in [0.29, 0.717) is 17.7 Å². The Hall–Kier alpha value is -2.90. The molecule has 36 heavy (non-hydrogen) atoms. The fourth-order valence-electron chi connectivity index (χ4n) is 5.49. The van der Waals surface area contributed by atoms with E-state index in [1.54, 1.807) is 6.07 Å². The molecule has 5 nitrogen and oxygen atoms in total. The van der Waals surface area contributed by atoms with Crippen molar-refractivity contribution in [1.82, 2.24) is 0 Å². The van der Waals surface area contributed by atoms with Crippen LogP contribution in [-0.2, 0) is 10.0 Å². The number of hydrogen-bond acceptors (Lipinski definition) is 5. The van der Waals surface area contributed by atoms with Crippen LogP contribution in [0.3, 0.4) is 0 Å². The van der Waals surface area contributed by atoms with Gasteiger partial charge in [-0.3, -0.25) is 4.72 Å². The predicted molar refractivity (Wildman–Crippen MR) is 148 cm³/mol. The first-order valence-electron chi connectivity index (χ1n) is 12.4. The lowest BCUT2D eigenvalue weighted by Crippen LogP contribution is -2.31. The van der Waals surface area contributed by atoms with Crippen molar-refractivity contribution in [1.29, 1.82) is 0 Å². The fourth-order valence-corrected chi connectivity index (χ4v) is 7.30. The summed E-state index contributed by atoms with van der Waals surface area (Å²) in [6.45, 7) is 3.84. The van der Waals surface area contributed by atoms with Crippen LogP contribution in [0.1, 0.15) is 40.6 Å². The molecule has 0 spiro atoms. The molecule has 0 radical (unpaired) electrons. The van der Waals surface area contributed by atoms with Crippen molar-refractivity contribution < 1.29 is 13.2 Å². The van der Waals surface area contributed by atoms with Crippen LogP contribution in [0.25, 0.3) is 0 Å². The lowest BCUT2D eigenvalue weighted by molar-refractivity contribution is 0.240. The van der Waals surface area contributed by atoms with Crippen molar-refractivity contribution in [2.75, 3.05) is 21.5 Å². The first-order chi connectivity index (χ1) is 17.4. The maximum Gasteiger partial charge on any atom is 0.261 e. The average Bonchev–Trinajstić information content (AvgIpc) is 3.34. The summed E-state index contributed by atoms with van der Waals surface area (Å²) in [6.07, 6.45) is 5.72. The molecule has 3 atom stereocenters. The average molecular weight is 519 g/mol. The van der Waals surface area contributed by atoms with E-state index in [1.807, 2.05) is 62.0 Å². The third-order valence-corrected chi connectivity index (χ3v) is 10.1. The Kier molecular flexibility index (Phi) is 6.00. The number of allylic oxidation sites excluding steroid dienone is 2. The zero-order valence-corrected chi connectivity index (χ0v) is 22.0. The van der Waals surface area contributed by atoms with Gasteiger partial charge in [-0.2, -0.15) is 11.8 Å². The number of anilines is 2. The van der Waals surface area contributed by atoms with Gasteiger partial charge in [0.2, 0.25) is 0 Å². The van der Waals surface area contributed by atoms with Crippen LogP contribution in [-0.4, -0.2) is 26.0 Å². The third-order valence-electron chi connectivity index (χ3n) is 7.49. The number of para-hydroxylation sites is 1. The van der Waals surface area contributed by atoms with Gasteiger partial charge in [0.1, 0.15) is 11.9 Å². The molecule has 1 saturated heterocycles. The van der Waals surface area contributed by atoms with E-state index in [2.05, 4.69) is 40.4 Å². The van der Waals surface area contributed by atoms with Crippen LogP contribution in [0.5, 0.6) is 5.75 Å². The van der Waals surface area contributed by atoms with E-state index < -0.39 is 10.0 Å². The van der Waals surface area contributed by atoms with Crippen LogP contribution < -0.4 is 14.8 Å². The Morgan fingerprint density at radius 1 is 1.00 bits per heavy atom. The maximum atomic E-state index is 13.4. The minimum atomic E-state index is -3.72. The Bertz CT molecular complexity index is 1430. The van der Waals surface area contributed by atoms with Gasteiger partial charge in [0, 0.05) is 23.1 Å². The van der Waals surface area contributed by atoms with Crippen LogP contribution in [0, 0.1) is 19.8 Å². The van der Waals surface area contributed by atoms with Crippen LogP contribution in [0.15, 0.2) is 77.7 Å². The highest BCUT2D eigenvalue weighted by Crippen LogP contribution is 2.50. The quantitative estimate of drug-likeness (QED) is 0.368. The highest BCUT2D eigenvalue weighted by Gasteiger charge is 2.38. The van der Waals surface area contributed by atoms with Gasteiger partial charge in [0.15, 0.2) is 0 Å². The van der Waals surface area contributed by atoms with E-state index >= 15 is 0 Å². The number of nitrogens with one attached hydrogen (secondary N) is 2. The zero-order chi connectivity index (χ0) is 24.9. The normalized spacial score (nSPS) is 22.8. The topological polar surface area (TPSA) is 67.4 Å². The minimum absolute atomic E-state index is 0.131. The number of sulfonamides is 1. The number of hydrogen-bond donors (Lipinski definition) is 2. The second-order valence-electron chi connectivity index (χ2n) is 9.95. The van der Waals surface area contributed by atoms with E-state index in [9.17, 15) is 8.42 Å². The second-order valence-corrected chi connectivity index (χ2v) is 12.7. The van der Waals surface area contributed by atoms with Crippen LogP contribution in [0.4, 0.5) is 11.4 Å². The molecule has 1 aliphatic carbocycles. The predicted octanol–water partition coefficient (Wildman–Crippen LogP) is 6.42. The molecule has 0 bridgehead atoms. The molecule has 2 aliphatic heterocycles. The number of fused-ring (bicyclic) bond motifs is 3. The molecule has 0 saturated carbocycles. The van der Waals surface area contributed by atoms with Crippen LogP contribution >= 0.6 is 11.8 Å². The Balaban J connectivity index is 1.30. The van der Waals surface area contributed by atoms with E-state index in [0.717, 1.165) is 46.1 Å². The molecule has 0 aromatic heterocycles. The summed E-state index contributed by atoms with van der Waals surface area (Å²) >= 11 is 1.91. The number of benzene rings is 3. The molecule has 6 rings (SSSR count). The summed E-state index contributed by atoms with van der Waals surface area (Å²) in [5.74, 6) is 3.51. The molecule has 3 aromatic rings. The van der Waals surface area contributed by atoms with E-state index in [-0.39, 0.29) is 16.9 Å². The molecule has 3 aromatic carbocycles. The van der Waals surface area contributed by atoms with Crippen molar-refractivity contribution in [3.05, 3.63) is 95.1 Å². The number of aryl methyl sites for hydroxylation is 2. The maximum absolute atomic E-state index is 13.4. The summed E-state index contributed by atoms with van der Waals surface area (Å²) in [5.41, 5.74) is 5.69. The van der Waals surface area contributed by atoms with Gasteiger partial charge in [-0.1, -0.05) is 42.5 Å². The Morgan fingerprint density at radius 3 is 2.53 bits per heavy atom. The number of ether oxygens (including phenoxy) is 1. The molecular formula is C29H30N2O3S2. The largest absolute Gasteiger partial charge is 0.489 e. The minimum Gasteiger partial charge on any atom is -0.489 e. The molecule has 0 amide bonds. The third kappa shape index (κ3) is 4.28. The Morgan fingerprint density at radius 2 is 1.78 bits per heavy atom. The van der Waals surface area contributed by atoms with Gasteiger partial charge in [-0.25, -0.2) is 8.42 Å². The summed E-state index contributed by atoms with van der Waals surface area (Å²) < 4.78 is 35.7. The van der Waals surface area contributed by atoms with Crippen molar-refractivity contribution in [3.63, 3.8) is 0 Å². The second kappa shape index (κ2) is 9.20. The van der Waals surface area contributed by atoms with Crippen LogP contribution in [0.2, 0.25) is 0 Å². The van der Waals surface area contributed by atoms with Crippen molar-refractivity contribution in [3.8, 4) is 5.75 Å². The van der Waals surface area contributed by atoms with Crippen molar-refractivity contribution in [2.24, 2.45) is 5.92 Å². The Labute approximate surface area is 217 Å². The van der Waals surface area contributed by atoms with Gasteiger partial charge >= 0.3 is 0 Å². The summed E-state index contributed by atoms with van der Waals surface area (Å²) in [7, 11) is -3.72. The zero-order valence-electron chi connectivity index (χ0n) is 20.4. The summed E-state index contributed by atoms with van der Waals surface area (Å²) in [4.78, 5) is 0.289. The molecule has 186 valence electrons. The fraction of sp³-hybridized carbons (Fsp3) is 0.310. The molecule has 2 heterocycles. The highest BCUT2D eigenvalue weighted by molar-refractivity contribution is 8.00. The summed E-state index contributed by atoms with van der Waals surface area (Å²) in [6, 6.07) is 19.8. The molecule has 0 unspecified atom stereocenters. The number of thioether (sulfide) groups is 1. The summed E-state index contributed by atoms with van der Waals surface area (Å²) in [5, 5.41) is 3.72. The van der Waals surface area contributed by atoms with Crippen molar-refractivity contribution in [2.45, 2.75) is 43.2 Å². The molecule has 7 heteroatoms. The first kappa shape index (κ1) is 23.5. The molecule has 3 aliphatic rings. The van der Waals surface area contributed by atoms with E-state index in [1.165, 1.54) is 5.56 Å². The van der Waals surface area contributed by atoms with Gasteiger partial charge in [0.25, 0.3) is 10.0 Å². The van der Waals surface area contributed by atoms with Gasteiger partial charge in [0.05, 0.1) is 16.6 Å². The smallest absolute Gasteiger partial charge is 0.261 e. The molecular weight excluding hydrogens is 488 g/mol. The standard InChI is InChI=1S/C29H30N2O3S2/c1-18-6-3-7-19(2)28(18)31-36(32,33)23-12-13-27-26(15-23)24-10-5-11-25(24)29(30-27)20-8-4-9-21(14-20)34-22-16-35-17-22/h3-10,12-15,22,24-25,29-31H,11,16-17H2,1-2H3/t24-,25-,29-/m0/s1. The SMILES string of the molecule is Cc1cccc(C)c1NS(=O)(=O)c1ccc2c(c1)[C@H]1C=CC[C@@H]1[C@H](c1cccc(OC3CSC3)c1)N2. The highest BCUT2D eigenvalue weighted by atomic mass is 32.2. The first-order valence-corrected chi connectivity index (χ1v) is 15.0. The molecule has 1 fully saturated rings. The lowest BCUT2D eigenvalue weighted by atomic mass is 9.77. The van der Waals surface area contributed by atoms with Crippen molar-refractivity contribution >= 4 is 33.2 Å². The van der Waals surface area contributed by atoms with Gasteiger partial charge in [-0.15, -0.1) is 0 Å². The monoisotopic (exact) mass is 518 g/mol. The van der Waals surface area contributed by atoms with Gasteiger partial charge < -0.3 is 10.1 Å². The van der Waals surface area contributed by atoms with E-state index in [4.69, 9.17) is 4.74 Å².